The molecule has 2 N–H and O–H groups in total. The van der Waals surface area contributed by atoms with Crippen LogP contribution in [0.4, 0.5) is 11.4 Å². The molecule has 1 saturated heterocycles. The third-order valence-corrected chi connectivity index (χ3v) is 9.97. The van der Waals surface area contributed by atoms with E-state index in [2.05, 4.69) is 37.2 Å². The topological polar surface area (TPSA) is 104 Å². The van der Waals surface area contributed by atoms with Crippen molar-refractivity contribution in [3.05, 3.63) is 59.7 Å². The number of hydrogen-bond acceptors (Lipinski definition) is 4. The maximum absolute atomic E-state index is 13.2. The van der Waals surface area contributed by atoms with Crippen LogP contribution in [0, 0.1) is 23.7 Å². The molecule has 5 rings (SSSR count). The monoisotopic (exact) mass is 560 g/mol. The van der Waals surface area contributed by atoms with Crippen LogP contribution in [0.25, 0.3) is 0 Å². The second-order valence-electron chi connectivity index (χ2n) is 8.37. The van der Waals surface area contributed by atoms with Gasteiger partial charge in [-0.15, -0.1) is 0 Å². The van der Waals surface area contributed by atoms with Gasteiger partial charge in [0.15, 0.2) is 0 Å². The summed E-state index contributed by atoms with van der Waals surface area (Å²) in [5.41, 5.74) is 0.714. The zero-order valence-corrected chi connectivity index (χ0v) is 19.7. The Bertz CT molecular complexity index is 1140. The highest BCUT2D eigenvalue weighted by Gasteiger charge is 2.66. The van der Waals surface area contributed by atoms with E-state index in [4.69, 9.17) is 0 Å². The van der Waals surface area contributed by atoms with Gasteiger partial charge in [0, 0.05) is 15.2 Å². The van der Waals surface area contributed by atoms with Gasteiger partial charge in [-0.1, -0.05) is 50.1 Å². The third kappa shape index (κ3) is 3.13. The van der Waals surface area contributed by atoms with Gasteiger partial charge >= 0.3 is 5.97 Å². The Labute approximate surface area is 200 Å². The maximum atomic E-state index is 13.2. The number of hydrogen-bond donors (Lipinski definition) is 2. The van der Waals surface area contributed by atoms with Crippen molar-refractivity contribution in [2.24, 2.45) is 23.7 Å². The minimum atomic E-state index is -1.15. The third-order valence-electron chi connectivity index (χ3n) is 6.76. The normalized spacial score (nSPS) is 30.5. The van der Waals surface area contributed by atoms with Crippen LogP contribution in [0.3, 0.4) is 0 Å². The lowest BCUT2D eigenvalue weighted by Crippen LogP contribution is -2.37. The van der Waals surface area contributed by atoms with Crippen molar-refractivity contribution in [3.63, 3.8) is 0 Å². The highest BCUT2D eigenvalue weighted by Crippen LogP contribution is 2.60. The summed E-state index contributed by atoms with van der Waals surface area (Å²) in [5.74, 6) is -2.59. The summed E-state index contributed by atoms with van der Waals surface area (Å²) < 4.78 is 0. The predicted octanol–water partition coefficient (Wildman–Crippen LogP) is 3.92. The smallest absolute Gasteiger partial charge is 0.337 e. The predicted molar refractivity (Wildman–Crippen MR) is 124 cm³/mol. The number of carbonyl (C=O) groups excluding carboxylic acids is 3. The molecule has 2 bridgehead atoms. The Hall–Kier alpha value is -2.52. The van der Waals surface area contributed by atoms with Crippen molar-refractivity contribution in [1.82, 2.24) is 0 Å². The molecule has 3 aliphatic rings. The first kappa shape index (κ1) is 21.3. The molecule has 7 nitrogen and oxygen atoms in total. The number of benzene rings is 2. The van der Waals surface area contributed by atoms with Gasteiger partial charge < -0.3 is 10.4 Å². The number of para-hydroxylation sites is 1. The van der Waals surface area contributed by atoms with Crippen LogP contribution in [0.5, 0.6) is 0 Å². The molecule has 1 heterocycles. The molecule has 164 valence electrons. The molecule has 3 fully saturated rings. The highest BCUT2D eigenvalue weighted by atomic mass is 79.9. The molecule has 6 atom stereocenters. The van der Waals surface area contributed by atoms with E-state index in [0.717, 1.165) is 6.42 Å². The first-order valence-corrected chi connectivity index (χ1v) is 12.0. The first-order valence-electron chi connectivity index (χ1n) is 10.2. The molecule has 1 aliphatic heterocycles. The standard InChI is InChI=1S/C23H18Br2N2O5/c24-18-13-9-14(19(18)25)17-16(13)21(29)27(22(17)30)11-5-3-4-10(8-11)20(28)26-15-7-2-1-6-12(15)23(31)32/h1-8,13-14,16-19H,9H2,(H,26,28)(H,31,32)/t13-,14-,16-,17+,18-,19+/m1/s1. The van der Waals surface area contributed by atoms with Gasteiger partial charge in [-0.2, -0.15) is 0 Å². The number of nitrogens with zero attached hydrogens (tertiary/aromatic N) is 1. The fourth-order valence-electron chi connectivity index (χ4n) is 5.36. The number of fused-ring (bicyclic) bond motifs is 5. The van der Waals surface area contributed by atoms with E-state index in [9.17, 15) is 24.3 Å². The van der Waals surface area contributed by atoms with Crippen LogP contribution in [0.15, 0.2) is 48.5 Å². The van der Waals surface area contributed by atoms with Crippen LogP contribution < -0.4 is 10.2 Å². The molecular formula is C23H18Br2N2O5. The second kappa shape index (κ2) is 7.81. The minimum Gasteiger partial charge on any atom is -0.478 e. The molecule has 0 radical (unpaired) electrons. The van der Waals surface area contributed by atoms with Gasteiger partial charge in [0.25, 0.3) is 5.91 Å². The van der Waals surface area contributed by atoms with Crippen molar-refractivity contribution in [2.75, 3.05) is 10.2 Å². The molecule has 2 aromatic carbocycles. The summed E-state index contributed by atoms with van der Waals surface area (Å²) in [5, 5.41) is 11.9. The Morgan fingerprint density at radius 2 is 1.56 bits per heavy atom. The SMILES string of the molecule is O=C(Nc1ccccc1C(=O)O)c1cccc(N2C(=O)[C@@H]3[C@H]4C[C@@H]([C@H](Br)[C@@H]4Br)[C@@H]3C2=O)c1. The Kier molecular flexibility index (Phi) is 5.21. The van der Waals surface area contributed by atoms with Gasteiger partial charge in [-0.3, -0.25) is 19.3 Å². The fraction of sp³-hybridized carbons (Fsp3) is 0.304. The lowest BCUT2D eigenvalue weighted by Gasteiger charge is -2.28. The number of anilines is 2. The largest absolute Gasteiger partial charge is 0.478 e. The number of nitrogens with one attached hydrogen (secondary N) is 1. The lowest BCUT2D eigenvalue weighted by molar-refractivity contribution is -0.123. The molecule has 0 unspecified atom stereocenters. The van der Waals surface area contributed by atoms with Crippen molar-refractivity contribution >= 4 is 66.9 Å². The van der Waals surface area contributed by atoms with E-state index in [1.807, 2.05) is 0 Å². The number of aromatic carboxylic acids is 1. The van der Waals surface area contributed by atoms with Crippen LogP contribution in [-0.2, 0) is 9.59 Å². The van der Waals surface area contributed by atoms with Crippen LogP contribution in [0.1, 0.15) is 27.1 Å². The quantitative estimate of drug-likeness (QED) is 0.435. The average molecular weight is 562 g/mol. The van der Waals surface area contributed by atoms with E-state index < -0.39 is 11.9 Å². The second-order valence-corrected chi connectivity index (χ2v) is 10.5. The van der Waals surface area contributed by atoms with Gasteiger partial charge in [0.1, 0.15) is 0 Å². The van der Waals surface area contributed by atoms with E-state index >= 15 is 0 Å². The van der Waals surface area contributed by atoms with Crippen LogP contribution in [-0.4, -0.2) is 38.5 Å². The molecule has 0 aromatic heterocycles. The molecule has 32 heavy (non-hydrogen) atoms. The van der Waals surface area contributed by atoms with E-state index in [-0.39, 0.29) is 62.0 Å². The first-order chi connectivity index (χ1) is 15.3. The average Bonchev–Trinajstić information content (AvgIpc) is 3.39. The number of rotatable bonds is 4. The minimum absolute atomic E-state index is 0.0288. The van der Waals surface area contributed by atoms with Gasteiger partial charge in [-0.05, 0) is 48.6 Å². The van der Waals surface area contributed by atoms with Crippen LogP contribution in [0.2, 0.25) is 0 Å². The molecule has 0 spiro atoms. The number of halogens is 2. The van der Waals surface area contributed by atoms with Crippen molar-refractivity contribution in [3.8, 4) is 0 Å². The van der Waals surface area contributed by atoms with Crippen molar-refractivity contribution in [1.29, 1.82) is 0 Å². The summed E-state index contributed by atoms with van der Waals surface area (Å²) in [6.07, 6.45) is 0.845. The van der Waals surface area contributed by atoms with Crippen molar-refractivity contribution < 1.29 is 24.3 Å². The van der Waals surface area contributed by atoms with Crippen LogP contribution >= 0.6 is 31.9 Å². The summed E-state index contributed by atoms with van der Waals surface area (Å²) in [6.45, 7) is 0. The molecule has 2 aliphatic carbocycles. The Morgan fingerprint density at radius 3 is 2.19 bits per heavy atom. The summed E-state index contributed by atoms with van der Waals surface area (Å²) in [4.78, 5) is 52.2. The van der Waals surface area contributed by atoms with E-state index in [1.165, 1.54) is 23.1 Å². The summed E-state index contributed by atoms with van der Waals surface area (Å²) in [6, 6.07) is 12.4. The van der Waals surface area contributed by atoms with E-state index in [1.54, 1.807) is 30.3 Å². The van der Waals surface area contributed by atoms with Crippen molar-refractivity contribution in [2.45, 2.75) is 16.1 Å². The fourth-order valence-corrected chi connectivity index (χ4v) is 7.24. The van der Waals surface area contributed by atoms with Gasteiger partial charge in [0.2, 0.25) is 11.8 Å². The molecule has 9 heteroatoms. The Balaban J connectivity index is 1.42. The lowest BCUT2D eigenvalue weighted by atomic mass is 9.81. The summed E-state index contributed by atoms with van der Waals surface area (Å²) >= 11 is 7.35. The maximum Gasteiger partial charge on any atom is 0.337 e. The van der Waals surface area contributed by atoms with Gasteiger partial charge in [-0.25, -0.2) is 4.79 Å². The molecular weight excluding hydrogens is 544 g/mol. The van der Waals surface area contributed by atoms with E-state index in [0.29, 0.717) is 5.69 Å². The number of amides is 3. The zero-order chi connectivity index (χ0) is 22.7. The number of imide groups is 1. The Morgan fingerprint density at radius 1 is 0.938 bits per heavy atom. The number of alkyl halides is 2. The number of carboxylic acids is 1. The summed E-state index contributed by atoms with van der Waals surface area (Å²) in [7, 11) is 0. The van der Waals surface area contributed by atoms with Gasteiger partial charge in [0.05, 0.1) is 28.8 Å². The molecule has 2 saturated carbocycles. The number of carboxylic acid groups (broad SMARTS) is 1. The zero-order valence-electron chi connectivity index (χ0n) is 16.6. The number of carbonyl (C=O) groups is 4. The highest BCUT2D eigenvalue weighted by molar-refractivity contribution is 9.12. The molecule has 3 amide bonds. The molecule has 2 aromatic rings.